The minimum Gasteiger partial charge on any atom is -0.260 e. The molecule has 0 aliphatic rings. The fourth-order valence-corrected chi connectivity index (χ4v) is 4.75. The Kier molecular flexibility index (Phi) is 6.21. The number of hydrogen-bond acceptors (Lipinski definition) is 5. The van der Waals surface area contributed by atoms with Gasteiger partial charge in [0.2, 0.25) is 5.30 Å². The van der Waals surface area contributed by atoms with Crippen LogP contribution in [0.2, 0.25) is 0 Å². The van der Waals surface area contributed by atoms with E-state index in [4.69, 9.17) is 5.84 Å². The third-order valence-corrected chi connectivity index (χ3v) is 6.63. The molecule has 4 N–H and O–H groups in total. The molecule has 1 heterocycles. The van der Waals surface area contributed by atoms with Crippen LogP contribution in [0, 0.1) is 0 Å². The molecular weight excluding hydrogens is 460 g/mol. The number of nitrogens with zero attached hydrogens (tertiary/aromatic N) is 2. The average molecular weight is 477 g/mol. The van der Waals surface area contributed by atoms with E-state index in [1.165, 1.54) is 23.9 Å². The van der Waals surface area contributed by atoms with Crippen LogP contribution < -0.4 is 16.7 Å². The lowest BCUT2D eigenvalue weighted by Gasteiger charge is -2.09. The molecule has 32 heavy (non-hydrogen) atoms. The number of imidazole rings is 1. The molecule has 0 aliphatic carbocycles. The van der Waals surface area contributed by atoms with Gasteiger partial charge in [0, 0.05) is 10.5 Å². The van der Waals surface area contributed by atoms with Gasteiger partial charge in [0.25, 0.3) is 0 Å². The Morgan fingerprint density at radius 3 is 2.47 bits per heavy atom. The zero-order valence-electron chi connectivity index (χ0n) is 16.4. The van der Waals surface area contributed by atoms with Crippen molar-refractivity contribution in [2.24, 2.45) is 5.84 Å². The molecule has 3 aromatic carbocycles. The summed E-state index contributed by atoms with van der Waals surface area (Å²) in [5, 5.41) is 0.330. The van der Waals surface area contributed by atoms with Crippen LogP contribution in [-0.4, -0.2) is 14.6 Å². The molecule has 0 saturated heterocycles. The number of nitrogens with two attached hydrogens (primary N) is 1. The molecule has 4 aromatic rings. The number of rotatable bonds is 6. The normalized spacial score (nSPS) is 12.2. The molecule has 164 valence electrons. The number of nitrogens with one attached hydrogen (secondary N) is 1. The molecule has 0 saturated carbocycles. The smallest absolute Gasteiger partial charge is 0.260 e. The fraction of sp³-hybridized carbons (Fsp3) is 0.0952. The van der Waals surface area contributed by atoms with Crippen LogP contribution in [0.5, 0.6) is 0 Å². The van der Waals surface area contributed by atoms with Crippen LogP contribution in [-0.2, 0) is 16.5 Å². The summed E-state index contributed by atoms with van der Waals surface area (Å²) in [7, 11) is -2.51. The number of hydrazine groups is 1. The Morgan fingerprint density at radius 1 is 1.09 bits per heavy atom. The topological polar surface area (TPSA) is 93.2 Å². The van der Waals surface area contributed by atoms with Crippen LogP contribution in [0.25, 0.3) is 22.2 Å². The van der Waals surface area contributed by atoms with Crippen LogP contribution in [0.15, 0.2) is 71.6 Å². The Balaban J connectivity index is 1.63. The van der Waals surface area contributed by atoms with Gasteiger partial charge in [0.1, 0.15) is 5.82 Å². The number of fused-ring (bicyclic) bond motifs is 1. The Bertz CT molecular complexity index is 1290. The van der Waals surface area contributed by atoms with E-state index in [1.54, 1.807) is 41.1 Å². The van der Waals surface area contributed by atoms with E-state index in [-0.39, 0.29) is 0 Å². The lowest BCUT2D eigenvalue weighted by Crippen LogP contribution is -2.23. The fourth-order valence-electron chi connectivity index (χ4n) is 3.31. The van der Waals surface area contributed by atoms with Crippen LogP contribution in [0.3, 0.4) is 0 Å². The first kappa shape index (κ1) is 22.3. The maximum atomic E-state index is 12.7. The molecule has 4 rings (SSSR count). The second-order valence-corrected chi connectivity index (χ2v) is 8.87. The van der Waals surface area contributed by atoms with Gasteiger partial charge in [-0.3, -0.25) is 5.53 Å². The second kappa shape index (κ2) is 8.91. The third-order valence-electron chi connectivity index (χ3n) is 4.82. The van der Waals surface area contributed by atoms with Gasteiger partial charge in [-0.25, -0.2) is 15.5 Å². The van der Waals surface area contributed by atoms with Crippen molar-refractivity contribution in [3.05, 3.63) is 78.1 Å². The largest absolute Gasteiger partial charge is 0.546 e. The minimum absolute atomic E-state index is 0.330. The molecule has 0 radical (unpaired) electrons. The highest BCUT2D eigenvalue weighted by molar-refractivity contribution is 7.98. The molecule has 0 bridgehead atoms. The number of thioether (sulfide) groups is 1. The van der Waals surface area contributed by atoms with Crippen molar-refractivity contribution in [2.75, 3.05) is 5.53 Å². The van der Waals surface area contributed by atoms with Crippen LogP contribution in [0.4, 0.5) is 13.2 Å². The number of nitrogen functional groups attached to an aromatic ring is 1. The number of hydrogen-bond donors (Lipinski definition) is 3. The summed E-state index contributed by atoms with van der Waals surface area (Å²) in [5.74, 6) is 6.61. The highest BCUT2D eigenvalue weighted by Crippen LogP contribution is 2.32. The van der Waals surface area contributed by atoms with Crippen LogP contribution >= 0.6 is 19.8 Å². The van der Waals surface area contributed by atoms with Gasteiger partial charge in [-0.05, 0) is 58.7 Å². The number of halogens is 3. The Labute approximate surface area is 186 Å². The number of alkyl halides is 3. The van der Waals surface area contributed by atoms with E-state index in [0.29, 0.717) is 38.4 Å². The van der Waals surface area contributed by atoms with Gasteiger partial charge in [0.15, 0.2) is 0 Å². The van der Waals surface area contributed by atoms with Gasteiger partial charge >= 0.3 is 14.2 Å². The van der Waals surface area contributed by atoms with E-state index in [0.717, 1.165) is 17.7 Å². The lowest BCUT2D eigenvalue weighted by atomic mass is 10.1. The molecule has 11 heteroatoms. The summed E-state index contributed by atoms with van der Waals surface area (Å²) in [4.78, 5) is 14.9. The van der Waals surface area contributed by atoms with Crippen molar-refractivity contribution >= 4 is 36.1 Å². The first-order chi connectivity index (χ1) is 15.3. The summed E-state index contributed by atoms with van der Waals surface area (Å²) in [6.07, 6.45) is -4.37. The third kappa shape index (κ3) is 4.49. The number of aromatic nitrogens is 2. The molecular formula is C21H17F3N4O2PS+. The van der Waals surface area contributed by atoms with Crippen molar-refractivity contribution in [1.82, 2.24) is 9.66 Å². The van der Waals surface area contributed by atoms with Gasteiger partial charge in [0.05, 0.1) is 22.3 Å². The zero-order valence-corrected chi connectivity index (χ0v) is 18.1. The van der Waals surface area contributed by atoms with Crippen molar-refractivity contribution in [2.45, 2.75) is 16.8 Å². The van der Waals surface area contributed by atoms with E-state index in [2.05, 4.69) is 10.5 Å². The van der Waals surface area contributed by atoms with Crippen molar-refractivity contribution in [1.29, 1.82) is 0 Å². The Morgan fingerprint density at radius 2 is 1.81 bits per heavy atom. The van der Waals surface area contributed by atoms with Crippen molar-refractivity contribution in [3.8, 4) is 11.1 Å². The molecule has 0 spiro atoms. The lowest BCUT2D eigenvalue weighted by molar-refractivity contribution is -0.137. The predicted octanol–water partition coefficient (Wildman–Crippen LogP) is 4.79. The molecule has 1 aromatic heterocycles. The van der Waals surface area contributed by atoms with Gasteiger partial charge < -0.3 is 0 Å². The van der Waals surface area contributed by atoms with Gasteiger partial charge in [-0.15, -0.1) is 11.8 Å². The zero-order chi connectivity index (χ0) is 22.9. The second-order valence-electron chi connectivity index (χ2n) is 6.80. The minimum atomic E-state index is -4.37. The standard InChI is InChI=1S/C21H16F3N4O2PS/c22-21(23,24)14-6-8-15(9-7-14)32-12-20-26-17-11-13(5-10-18(17)28(20)27-25)16-3-1-2-4-19(16)31(29)30/h1-11,27H,12,25H2/p+1. The van der Waals surface area contributed by atoms with Crippen LogP contribution in [0.1, 0.15) is 11.4 Å². The quantitative estimate of drug-likeness (QED) is 0.160. The summed E-state index contributed by atoms with van der Waals surface area (Å²) in [6.45, 7) is 0. The molecule has 0 aliphatic heterocycles. The van der Waals surface area contributed by atoms with Gasteiger partial charge in [-0.1, -0.05) is 18.2 Å². The molecule has 0 fully saturated rings. The monoisotopic (exact) mass is 477 g/mol. The highest BCUT2D eigenvalue weighted by Gasteiger charge is 2.30. The first-order valence-electron chi connectivity index (χ1n) is 9.31. The summed E-state index contributed by atoms with van der Waals surface area (Å²) in [5.41, 5.74) is 4.56. The molecule has 0 amide bonds. The summed E-state index contributed by atoms with van der Waals surface area (Å²) >= 11 is 1.33. The highest BCUT2D eigenvalue weighted by atomic mass is 32.2. The summed E-state index contributed by atoms with van der Waals surface area (Å²) < 4.78 is 51.5. The van der Waals surface area contributed by atoms with E-state index < -0.39 is 19.8 Å². The van der Waals surface area contributed by atoms with Gasteiger partial charge in [-0.2, -0.15) is 18.1 Å². The van der Waals surface area contributed by atoms with Crippen molar-refractivity contribution < 1.29 is 22.6 Å². The first-order valence-corrected chi connectivity index (χ1v) is 11.5. The van der Waals surface area contributed by atoms with E-state index in [1.807, 2.05) is 6.07 Å². The SMILES string of the molecule is NNn1c(CSc2ccc(C(F)(F)F)cc2)nc2cc(-c3ccccc3[P+](=O)O)ccc21. The Hall–Kier alpha value is -2.91. The maximum absolute atomic E-state index is 12.7. The molecule has 1 unspecified atom stereocenters. The average Bonchev–Trinajstić information content (AvgIpc) is 3.14. The predicted molar refractivity (Wildman–Crippen MR) is 119 cm³/mol. The molecule has 6 nitrogen and oxygen atoms in total. The van der Waals surface area contributed by atoms with Crippen molar-refractivity contribution in [3.63, 3.8) is 0 Å². The maximum Gasteiger partial charge on any atom is 0.546 e. The molecule has 1 atom stereocenters. The van der Waals surface area contributed by atoms with E-state index >= 15 is 0 Å². The number of benzene rings is 3. The summed E-state index contributed by atoms with van der Waals surface area (Å²) in [6, 6.07) is 17.2. The van der Waals surface area contributed by atoms with E-state index in [9.17, 15) is 22.6 Å².